The molecule has 0 aromatic rings. The topological polar surface area (TPSA) is 9.23 Å². The second kappa shape index (κ2) is 9.23. The first-order valence-corrected chi connectivity index (χ1v) is 8.72. The van der Waals surface area contributed by atoms with Gasteiger partial charge in [-0.2, -0.15) is 0 Å². The molecule has 0 aliphatic carbocycles. The van der Waals surface area contributed by atoms with Gasteiger partial charge in [-0.1, -0.05) is 62.9 Å². The van der Waals surface area contributed by atoms with Crippen molar-refractivity contribution in [3.63, 3.8) is 0 Å². The summed E-state index contributed by atoms with van der Waals surface area (Å²) in [5.74, 6) is 2.46. The summed E-state index contributed by atoms with van der Waals surface area (Å²) in [6.07, 6.45) is 15.9. The van der Waals surface area contributed by atoms with Crippen LogP contribution in [-0.2, 0) is 4.74 Å². The quantitative estimate of drug-likeness (QED) is 0.346. The molecule has 0 spiro atoms. The summed E-state index contributed by atoms with van der Waals surface area (Å²) in [5, 5.41) is -0.0333. The zero-order chi connectivity index (χ0) is 14.3. The third kappa shape index (κ3) is 6.04. The Kier molecular flexibility index (Phi) is 8.41. The Bertz CT molecular complexity index is 362. The minimum absolute atomic E-state index is 0.0333. The molecule has 0 saturated carbocycles. The Morgan fingerprint density at radius 3 is 2.95 bits per heavy atom. The Balaban J connectivity index is 2.48. The molecule has 1 aliphatic heterocycles. The largest absolute Gasteiger partial charge is 0.368 e. The minimum Gasteiger partial charge on any atom is -0.368 e. The van der Waals surface area contributed by atoms with E-state index in [0.717, 1.165) is 19.3 Å². The Morgan fingerprint density at radius 1 is 1.58 bits per heavy atom. The predicted octanol–water partition coefficient (Wildman–Crippen LogP) is 4.82. The van der Waals surface area contributed by atoms with Gasteiger partial charge in [0.2, 0.25) is 0 Å². The molecule has 1 saturated heterocycles. The van der Waals surface area contributed by atoms with E-state index < -0.39 is 0 Å². The van der Waals surface area contributed by atoms with E-state index in [1.165, 1.54) is 0 Å². The molecule has 19 heavy (non-hydrogen) atoms. The Hall–Kier alpha value is 0.250. The van der Waals surface area contributed by atoms with Gasteiger partial charge in [-0.05, 0) is 25.3 Å². The molecule has 1 heterocycles. The maximum absolute atomic E-state index is 6.34. The third-order valence-corrected chi connectivity index (χ3v) is 5.33. The van der Waals surface area contributed by atoms with Gasteiger partial charge in [0.25, 0.3) is 0 Å². The molecule has 0 aromatic heterocycles. The molecule has 1 aliphatic rings. The van der Waals surface area contributed by atoms with Crippen LogP contribution >= 0.6 is 43.5 Å². The van der Waals surface area contributed by atoms with E-state index in [1.54, 1.807) is 6.08 Å². The van der Waals surface area contributed by atoms with Gasteiger partial charge < -0.3 is 4.74 Å². The summed E-state index contributed by atoms with van der Waals surface area (Å²) in [5.41, 5.74) is 0. The smallest absolute Gasteiger partial charge is 0.0886 e. The second-order valence-corrected chi connectivity index (χ2v) is 7.43. The van der Waals surface area contributed by atoms with Crippen molar-refractivity contribution in [3.8, 4) is 12.3 Å². The van der Waals surface area contributed by atoms with Crippen LogP contribution in [0.3, 0.4) is 0 Å². The highest BCUT2D eigenvalue weighted by atomic mass is 79.9. The number of hydrogen-bond acceptors (Lipinski definition) is 1. The number of allylic oxidation sites excluding steroid dienone is 3. The summed E-state index contributed by atoms with van der Waals surface area (Å²) < 4.78 is 5.99. The zero-order valence-electron chi connectivity index (χ0n) is 10.9. The van der Waals surface area contributed by atoms with Crippen LogP contribution in [0.1, 0.15) is 26.2 Å². The number of ether oxygens (including phenoxy) is 1. The maximum Gasteiger partial charge on any atom is 0.0886 e. The number of rotatable bonds is 6. The standard InChI is InChI=1S/C15H19Br2ClO/c1-3-5-6-7-13(18)15-10-12(17)14(19-15)9-8-11(16)4-2/h1,5-6,8-9,11-15H,4,7,10H2,2H3/b6-5-,9-8-/t11-,12-,13-,14-,15+/m1/s1. The molecule has 4 heteroatoms. The first-order chi connectivity index (χ1) is 9.08. The lowest BCUT2D eigenvalue weighted by Gasteiger charge is -2.16. The molecule has 0 unspecified atom stereocenters. The van der Waals surface area contributed by atoms with Gasteiger partial charge in [-0.15, -0.1) is 18.0 Å². The number of alkyl halides is 3. The molecule has 0 amide bonds. The van der Waals surface area contributed by atoms with Crippen LogP contribution in [0.25, 0.3) is 0 Å². The van der Waals surface area contributed by atoms with Crippen molar-refractivity contribution >= 4 is 43.5 Å². The number of halogens is 3. The number of hydrogen-bond donors (Lipinski definition) is 0. The molecule has 0 radical (unpaired) electrons. The van der Waals surface area contributed by atoms with E-state index in [4.69, 9.17) is 22.8 Å². The molecule has 106 valence electrons. The lowest BCUT2D eigenvalue weighted by Crippen LogP contribution is -2.20. The van der Waals surface area contributed by atoms with Crippen LogP contribution < -0.4 is 0 Å². The summed E-state index contributed by atoms with van der Waals surface area (Å²) in [6.45, 7) is 2.14. The zero-order valence-corrected chi connectivity index (χ0v) is 14.9. The van der Waals surface area contributed by atoms with Gasteiger partial charge in [0.05, 0.1) is 17.6 Å². The highest BCUT2D eigenvalue weighted by Gasteiger charge is 2.35. The van der Waals surface area contributed by atoms with Crippen molar-refractivity contribution in [2.45, 2.75) is 53.4 Å². The van der Waals surface area contributed by atoms with Crippen molar-refractivity contribution in [2.75, 3.05) is 0 Å². The lowest BCUT2D eigenvalue weighted by molar-refractivity contribution is 0.0697. The van der Waals surface area contributed by atoms with Crippen LogP contribution in [0, 0.1) is 12.3 Å². The van der Waals surface area contributed by atoms with Crippen molar-refractivity contribution < 1.29 is 4.74 Å². The first-order valence-electron chi connectivity index (χ1n) is 6.45. The highest BCUT2D eigenvalue weighted by molar-refractivity contribution is 9.09. The fraction of sp³-hybridized carbons (Fsp3) is 0.600. The molecule has 1 fully saturated rings. The Labute approximate surface area is 138 Å². The molecule has 0 bridgehead atoms. The van der Waals surface area contributed by atoms with E-state index in [2.05, 4.69) is 56.9 Å². The molecule has 1 rings (SSSR count). The molecule has 5 atom stereocenters. The van der Waals surface area contributed by atoms with Crippen LogP contribution in [0.5, 0.6) is 0 Å². The Morgan fingerprint density at radius 2 is 2.32 bits per heavy atom. The second-order valence-electron chi connectivity index (χ2n) is 4.52. The van der Waals surface area contributed by atoms with Crippen LogP contribution in [-0.4, -0.2) is 27.2 Å². The lowest BCUT2D eigenvalue weighted by atomic mass is 10.1. The van der Waals surface area contributed by atoms with E-state index in [9.17, 15) is 0 Å². The van der Waals surface area contributed by atoms with Crippen molar-refractivity contribution in [1.82, 2.24) is 0 Å². The van der Waals surface area contributed by atoms with E-state index >= 15 is 0 Å². The van der Waals surface area contributed by atoms with E-state index in [-0.39, 0.29) is 17.6 Å². The van der Waals surface area contributed by atoms with Crippen LogP contribution in [0.4, 0.5) is 0 Å². The monoisotopic (exact) mass is 408 g/mol. The SMILES string of the molecule is C#C/C=C\C[C@@H](Cl)[C@@H]1C[C@@H](Br)[C@@H](/C=C\[C@H](Br)CC)O1. The predicted molar refractivity (Wildman–Crippen MR) is 90.4 cm³/mol. The van der Waals surface area contributed by atoms with Gasteiger partial charge >= 0.3 is 0 Å². The summed E-state index contributed by atoms with van der Waals surface area (Å²) in [4.78, 5) is 0.725. The fourth-order valence-electron chi connectivity index (χ4n) is 1.88. The first kappa shape index (κ1) is 17.3. The minimum atomic E-state index is -0.0333. The van der Waals surface area contributed by atoms with Gasteiger partial charge in [0.1, 0.15) is 0 Å². The van der Waals surface area contributed by atoms with Gasteiger partial charge in [-0.3, -0.25) is 0 Å². The molecular formula is C15H19Br2ClO. The van der Waals surface area contributed by atoms with Crippen LogP contribution in [0.2, 0.25) is 0 Å². The molecule has 1 nitrogen and oxygen atoms in total. The molecular weight excluding hydrogens is 391 g/mol. The third-order valence-electron chi connectivity index (χ3n) is 3.02. The van der Waals surface area contributed by atoms with Crippen molar-refractivity contribution in [1.29, 1.82) is 0 Å². The fourth-order valence-corrected chi connectivity index (χ4v) is 2.99. The van der Waals surface area contributed by atoms with Crippen molar-refractivity contribution in [2.24, 2.45) is 0 Å². The van der Waals surface area contributed by atoms with E-state index in [0.29, 0.717) is 9.65 Å². The average molecular weight is 411 g/mol. The maximum atomic E-state index is 6.34. The van der Waals surface area contributed by atoms with Gasteiger partial charge in [-0.25, -0.2) is 0 Å². The molecule has 0 N–H and O–H groups in total. The van der Waals surface area contributed by atoms with Gasteiger partial charge in [0.15, 0.2) is 0 Å². The summed E-state index contributed by atoms with van der Waals surface area (Å²) in [7, 11) is 0. The van der Waals surface area contributed by atoms with Gasteiger partial charge in [0, 0.05) is 9.65 Å². The van der Waals surface area contributed by atoms with E-state index in [1.807, 2.05) is 6.08 Å². The van der Waals surface area contributed by atoms with Crippen LogP contribution in [0.15, 0.2) is 24.3 Å². The normalized spacial score (nSPS) is 30.8. The average Bonchev–Trinajstić information content (AvgIpc) is 2.77. The highest BCUT2D eigenvalue weighted by Crippen LogP contribution is 2.32. The summed E-state index contributed by atoms with van der Waals surface area (Å²) >= 11 is 13.6. The summed E-state index contributed by atoms with van der Waals surface area (Å²) in [6, 6.07) is 0. The number of terminal acetylenes is 1. The molecule has 0 aromatic carbocycles. The van der Waals surface area contributed by atoms with Crippen molar-refractivity contribution in [3.05, 3.63) is 24.3 Å².